The number of nitrogens with one attached hydrogen (secondary N) is 1. The second kappa shape index (κ2) is 6.18. The number of nitrogens with zero attached hydrogens (tertiary/aromatic N) is 1. The normalized spacial score (nSPS) is 21.1. The Morgan fingerprint density at radius 2 is 1.89 bits per heavy atom. The van der Waals surface area contributed by atoms with Crippen LogP contribution in [0, 0.1) is 0 Å². The number of rotatable bonds is 4. The topological polar surface area (TPSA) is 15.3 Å². The molecule has 1 aliphatic heterocycles. The highest BCUT2D eigenvalue weighted by atomic mass is 32.1. The van der Waals surface area contributed by atoms with E-state index in [-0.39, 0.29) is 0 Å². The molecule has 1 atom stereocenters. The Morgan fingerprint density at radius 3 is 2.42 bits per heavy atom. The largest absolute Gasteiger partial charge is 0.305 e. The van der Waals surface area contributed by atoms with Gasteiger partial charge in [-0.1, -0.05) is 12.1 Å². The van der Waals surface area contributed by atoms with Crippen molar-refractivity contribution < 1.29 is 0 Å². The van der Waals surface area contributed by atoms with Gasteiger partial charge in [0.05, 0.1) is 6.04 Å². The average Bonchev–Trinajstić information content (AvgIpc) is 3.10. The van der Waals surface area contributed by atoms with Crippen molar-refractivity contribution in [3.8, 4) is 0 Å². The molecule has 0 radical (unpaired) electrons. The predicted octanol–water partition coefficient (Wildman–Crippen LogP) is 3.58. The first kappa shape index (κ1) is 13.3. The summed E-state index contributed by atoms with van der Waals surface area (Å²) >= 11 is 3.70. The van der Waals surface area contributed by atoms with Gasteiger partial charge in [0, 0.05) is 22.3 Å². The van der Waals surface area contributed by atoms with Crippen molar-refractivity contribution in [3.63, 3.8) is 0 Å². The van der Waals surface area contributed by atoms with Crippen LogP contribution in [0.1, 0.15) is 28.6 Å². The van der Waals surface area contributed by atoms with Gasteiger partial charge >= 0.3 is 0 Å². The maximum absolute atomic E-state index is 3.87. The van der Waals surface area contributed by atoms with Crippen molar-refractivity contribution in [2.45, 2.75) is 24.9 Å². The van der Waals surface area contributed by atoms with E-state index in [1.165, 1.54) is 29.1 Å². The third-order valence-corrected chi connectivity index (χ3v) is 5.56. The summed E-state index contributed by atoms with van der Waals surface area (Å²) in [6.07, 6.45) is 2.59. The number of hydrogen-bond donors (Lipinski definition) is 1. The highest BCUT2D eigenvalue weighted by Gasteiger charge is 2.23. The fraction of sp³-hybridized carbons (Fsp3) is 0.467. The van der Waals surface area contributed by atoms with Crippen molar-refractivity contribution in [1.82, 2.24) is 10.2 Å². The van der Waals surface area contributed by atoms with Gasteiger partial charge in [-0.05, 0) is 49.3 Å². The molecule has 2 aromatic rings. The van der Waals surface area contributed by atoms with Crippen LogP contribution in [-0.2, 0) is 0 Å². The molecule has 2 aromatic heterocycles. The Kier molecular flexibility index (Phi) is 4.33. The van der Waals surface area contributed by atoms with Gasteiger partial charge in [-0.25, -0.2) is 0 Å². The predicted molar refractivity (Wildman–Crippen MR) is 84.1 cm³/mol. The summed E-state index contributed by atoms with van der Waals surface area (Å²) in [7, 11) is 2.22. The van der Waals surface area contributed by atoms with Crippen LogP contribution >= 0.6 is 22.7 Å². The SMILES string of the molecule is CN1CCCC(NC(c2cccs2)c2cccs2)C1. The van der Waals surface area contributed by atoms with Crippen molar-refractivity contribution in [1.29, 1.82) is 0 Å². The molecule has 19 heavy (non-hydrogen) atoms. The molecule has 1 saturated heterocycles. The Morgan fingerprint density at radius 1 is 1.21 bits per heavy atom. The Labute approximate surface area is 123 Å². The van der Waals surface area contributed by atoms with Crippen molar-refractivity contribution in [2.24, 2.45) is 0 Å². The van der Waals surface area contributed by atoms with Crippen LogP contribution < -0.4 is 5.32 Å². The summed E-state index contributed by atoms with van der Waals surface area (Å²) in [6, 6.07) is 9.76. The van der Waals surface area contributed by atoms with Crippen LogP contribution in [0.25, 0.3) is 0 Å². The molecule has 1 fully saturated rings. The van der Waals surface area contributed by atoms with Crippen LogP contribution in [0.5, 0.6) is 0 Å². The highest BCUT2D eigenvalue weighted by Crippen LogP contribution is 2.30. The average molecular weight is 292 g/mol. The van der Waals surface area contributed by atoms with Gasteiger partial charge in [-0.3, -0.25) is 0 Å². The van der Waals surface area contributed by atoms with Crippen LogP contribution in [-0.4, -0.2) is 31.1 Å². The Bertz CT molecular complexity index is 444. The van der Waals surface area contributed by atoms with E-state index < -0.39 is 0 Å². The second-order valence-corrected chi connectivity index (χ2v) is 7.19. The third kappa shape index (κ3) is 3.26. The molecular weight excluding hydrogens is 272 g/mol. The van der Waals surface area contributed by atoms with Gasteiger partial charge in [0.1, 0.15) is 0 Å². The molecule has 0 aromatic carbocycles. The quantitative estimate of drug-likeness (QED) is 0.926. The lowest BCUT2D eigenvalue weighted by Gasteiger charge is -2.33. The van der Waals surface area contributed by atoms with E-state index in [0.29, 0.717) is 12.1 Å². The van der Waals surface area contributed by atoms with Crippen molar-refractivity contribution in [3.05, 3.63) is 44.8 Å². The third-order valence-electron chi connectivity index (χ3n) is 3.68. The highest BCUT2D eigenvalue weighted by molar-refractivity contribution is 7.11. The molecule has 4 heteroatoms. The van der Waals surface area contributed by atoms with E-state index in [1.54, 1.807) is 0 Å². The van der Waals surface area contributed by atoms with Crippen molar-refractivity contribution in [2.75, 3.05) is 20.1 Å². The minimum absolute atomic E-state index is 0.372. The summed E-state index contributed by atoms with van der Waals surface area (Å²) in [6.45, 7) is 2.40. The molecule has 3 heterocycles. The lowest BCUT2D eigenvalue weighted by molar-refractivity contribution is 0.222. The zero-order chi connectivity index (χ0) is 13.1. The van der Waals surface area contributed by atoms with Crippen LogP contribution in [0.3, 0.4) is 0 Å². The maximum Gasteiger partial charge on any atom is 0.0767 e. The summed E-state index contributed by atoms with van der Waals surface area (Å²) in [5.41, 5.74) is 0. The summed E-state index contributed by atoms with van der Waals surface area (Å²) in [5.74, 6) is 0. The zero-order valence-electron chi connectivity index (χ0n) is 11.2. The van der Waals surface area contributed by atoms with E-state index >= 15 is 0 Å². The molecule has 1 aliphatic rings. The maximum atomic E-state index is 3.87. The Balaban J connectivity index is 1.76. The fourth-order valence-electron chi connectivity index (χ4n) is 2.75. The minimum atomic E-state index is 0.372. The first-order chi connectivity index (χ1) is 9.33. The minimum Gasteiger partial charge on any atom is -0.305 e. The smallest absolute Gasteiger partial charge is 0.0767 e. The molecule has 0 bridgehead atoms. The molecule has 0 saturated carbocycles. The number of likely N-dealkylation sites (tertiary alicyclic amines) is 1. The second-order valence-electron chi connectivity index (χ2n) is 5.23. The van der Waals surface area contributed by atoms with E-state index in [4.69, 9.17) is 0 Å². The first-order valence-corrected chi connectivity index (χ1v) is 8.60. The van der Waals surface area contributed by atoms with Gasteiger partial charge < -0.3 is 10.2 Å². The first-order valence-electron chi connectivity index (χ1n) is 6.84. The zero-order valence-corrected chi connectivity index (χ0v) is 12.8. The molecule has 0 aliphatic carbocycles. The van der Waals surface area contributed by atoms with Crippen LogP contribution in [0.15, 0.2) is 35.0 Å². The van der Waals surface area contributed by atoms with Gasteiger partial charge in [0.15, 0.2) is 0 Å². The monoisotopic (exact) mass is 292 g/mol. The molecule has 2 nitrogen and oxygen atoms in total. The number of likely N-dealkylation sites (N-methyl/N-ethyl adjacent to an activating group) is 1. The standard InChI is InChI=1S/C15H20N2S2/c1-17-8-2-5-12(11-17)16-15(13-6-3-9-18-13)14-7-4-10-19-14/h3-4,6-7,9-10,12,15-16H,2,5,8,11H2,1H3. The number of hydrogen-bond acceptors (Lipinski definition) is 4. The molecule has 0 amide bonds. The summed E-state index contributed by atoms with van der Waals surface area (Å²) in [4.78, 5) is 5.28. The van der Waals surface area contributed by atoms with Gasteiger partial charge in [0.2, 0.25) is 0 Å². The molecule has 102 valence electrons. The number of thiophene rings is 2. The number of piperidine rings is 1. The van der Waals surface area contributed by atoms with E-state index in [2.05, 4.69) is 52.3 Å². The van der Waals surface area contributed by atoms with Gasteiger partial charge in [-0.15, -0.1) is 22.7 Å². The molecule has 1 N–H and O–H groups in total. The van der Waals surface area contributed by atoms with Gasteiger partial charge in [0.25, 0.3) is 0 Å². The lowest BCUT2D eigenvalue weighted by atomic mass is 10.0. The van der Waals surface area contributed by atoms with Gasteiger partial charge in [-0.2, -0.15) is 0 Å². The Hall–Kier alpha value is -0.680. The van der Waals surface area contributed by atoms with E-state index in [1.807, 2.05) is 22.7 Å². The van der Waals surface area contributed by atoms with Crippen molar-refractivity contribution >= 4 is 22.7 Å². The molecule has 0 spiro atoms. The molecule has 3 rings (SSSR count). The van der Waals surface area contributed by atoms with E-state index in [9.17, 15) is 0 Å². The summed E-state index contributed by atoms with van der Waals surface area (Å²) in [5, 5.41) is 8.21. The molecular formula is C15H20N2S2. The lowest BCUT2D eigenvalue weighted by Crippen LogP contribution is -2.45. The molecule has 1 unspecified atom stereocenters. The fourth-order valence-corrected chi connectivity index (χ4v) is 4.43. The van der Waals surface area contributed by atoms with E-state index in [0.717, 1.165) is 6.54 Å². The van der Waals surface area contributed by atoms with Crippen LogP contribution in [0.2, 0.25) is 0 Å². The summed E-state index contributed by atoms with van der Waals surface area (Å²) < 4.78 is 0. The van der Waals surface area contributed by atoms with Crippen LogP contribution in [0.4, 0.5) is 0 Å².